The van der Waals surface area contributed by atoms with Crippen molar-refractivity contribution in [2.75, 3.05) is 6.61 Å². The normalized spacial score (nSPS) is 13.7. The molecule has 2 N–H and O–H groups in total. The summed E-state index contributed by atoms with van der Waals surface area (Å²) in [7, 11) is -1.55. The Morgan fingerprint density at radius 1 is 1.30 bits per heavy atom. The molecule has 0 fully saturated rings. The number of aliphatic hydroxyl groups excluding tert-OH is 1. The molecule has 0 aromatic carbocycles. The van der Waals surface area contributed by atoms with Crippen molar-refractivity contribution in [1.82, 2.24) is 13.9 Å². The summed E-state index contributed by atoms with van der Waals surface area (Å²) in [6.07, 6.45) is 0.974. The minimum Gasteiger partial charge on any atom is -0.395 e. The number of nitrogens with one attached hydrogen (secondary N) is 1. The molecule has 1 aromatic heterocycles. The van der Waals surface area contributed by atoms with Crippen molar-refractivity contribution in [3.63, 3.8) is 0 Å². The van der Waals surface area contributed by atoms with Crippen LogP contribution >= 0.6 is 0 Å². The number of aromatic nitrogens is 2. The highest BCUT2D eigenvalue weighted by atomic mass is 32.2. The fourth-order valence-corrected chi connectivity index (χ4v) is 3.14. The zero-order valence-corrected chi connectivity index (χ0v) is 12.6. The van der Waals surface area contributed by atoms with Crippen molar-refractivity contribution in [2.24, 2.45) is 20.0 Å². The fourth-order valence-electron chi connectivity index (χ4n) is 1.61. The Morgan fingerprint density at radius 3 is 2.30 bits per heavy atom. The molecule has 20 heavy (non-hydrogen) atoms. The lowest BCUT2D eigenvalue weighted by atomic mass is 10.1. The summed E-state index contributed by atoms with van der Waals surface area (Å²) in [6.45, 7) is 3.09. The quantitative estimate of drug-likeness (QED) is 0.679. The first kappa shape index (κ1) is 16.6. The molecule has 1 aromatic rings. The summed E-state index contributed by atoms with van der Waals surface area (Å²) in [5, 5.41) is 9.16. The molecular formula is C11H19N3O5S. The molecule has 0 saturated heterocycles. The van der Waals surface area contributed by atoms with E-state index in [1.807, 2.05) is 0 Å². The molecule has 0 aliphatic heterocycles. The molecule has 0 aliphatic rings. The molecule has 0 radical (unpaired) electrons. The van der Waals surface area contributed by atoms with E-state index in [4.69, 9.17) is 5.11 Å². The highest BCUT2D eigenvalue weighted by molar-refractivity contribution is 7.89. The van der Waals surface area contributed by atoms with Gasteiger partial charge in [0, 0.05) is 26.3 Å². The van der Waals surface area contributed by atoms with Crippen LogP contribution < -0.4 is 16.0 Å². The second-order valence-electron chi connectivity index (χ2n) is 4.91. The topological polar surface area (TPSA) is 110 Å². The van der Waals surface area contributed by atoms with Crippen molar-refractivity contribution in [1.29, 1.82) is 0 Å². The van der Waals surface area contributed by atoms with Crippen LogP contribution in [0.1, 0.15) is 13.8 Å². The van der Waals surface area contributed by atoms with E-state index in [0.717, 1.165) is 15.3 Å². The smallest absolute Gasteiger partial charge is 0.330 e. The molecule has 8 nitrogen and oxygen atoms in total. The molecule has 0 aliphatic carbocycles. The summed E-state index contributed by atoms with van der Waals surface area (Å²) in [5.41, 5.74) is -1.52. The molecule has 1 atom stereocenters. The molecule has 9 heteroatoms. The predicted octanol–water partition coefficient (Wildman–Crippen LogP) is -1.62. The van der Waals surface area contributed by atoms with Gasteiger partial charge in [-0.25, -0.2) is 17.9 Å². The largest absolute Gasteiger partial charge is 0.395 e. The molecule has 0 saturated carbocycles. The number of nitrogens with zero attached hydrogens (tertiary/aromatic N) is 2. The van der Waals surface area contributed by atoms with E-state index >= 15 is 0 Å². The fraction of sp³-hybridized carbons (Fsp3) is 0.636. The third kappa shape index (κ3) is 3.17. The van der Waals surface area contributed by atoms with Gasteiger partial charge in [-0.2, -0.15) is 0 Å². The van der Waals surface area contributed by atoms with Gasteiger partial charge in [0.05, 0.1) is 6.61 Å². The Kier molecular flexibility index (Phi) is 4.90. The van der Waals surface area contributed by atoms with E-state index < -0.39 is 32.2 Å². The average molecular weight is 305 g/mol. The van der Waals surface area contributed by atoms with Crippen molar-refractivity contribution in [2.45, 2.75) is 24.8 Å². The lowest BCUT2D eigenvalue weighted by Gasteiger charge is -2.19. The van der Waals surface area contributed by atoms with Crippen LogP contribution in [0, 0.1) is 5.92 Å². The van der Waals surface area contributed by atoms with Gasteiger partial charge in [0.2, 0.25) is 10.0 Å². The van der Waals surface area contributed by atoms with E-state index in [2.05, 4.69) is 4.72 Å². The predicted molar refractivity (Wildman–Crippen MR) is 73.0 cm³/mol. The first-order valence-corrected chi connectivity index (χ1v) is 7.50. The Labute approximate surface area is 116 Å². The van der Waals surface area contributed by atoms with Crippen LogP contribution in [0.5, 0.6) is 0 Å². The first-order valence-electron chi connectivity index (χ1n) is 6.01. The number of hydrogen-bond acceptors (Lipinski definition) is 5. The molecule has 0 amide bonds. The van der Waals surface area contributed by atoms with E-state index in [0.29, 0.717) is 0 Å². The second kappa shape index (κ2) is 5.90. The zero-order chi connectivity index (χ0) is 15.7. The number of sulfonamides is 1. The Morgan fingerprint density at radius 2 is 1.85 bits per heavy atom. The summed E-state index contributed by atoms with van der Waals surface area (Å²) in [5.74, 6) is -0.147. The molecule has 1 rings (SSSR count). The third-order valence-corrected chi connectivity index (χ3v) is 4.48. The van der Waals surface area contributed by atoms with Gasteiger partial charge in [-0.15, -0.1) is 0 Å². The van der Waals surface area contributed by atoms with Crippen LogP contribution in [0.15, 0.2) is 20.7 Å². The highest BCUT2D eigenvalue weighted by Gasteiger charge is 2.26. The lowest BCUT2D eigenvalue weighted by molar-refractivity contribution is 0.227. The lowest BCUT2D eigenvalue weighted by Crippen LogP contribution is -2.45. The van der Waals surface area contributed by atoms with Crippen LogP contribution in [0.2, 0.25) is 0 Å². The van der Waals surface area contributed by atoms with Gasteiger partial charge in [0.25, 0.3) is 5.56 Å². The summed E-state index contributed by atoms with van der Waals surface area (Å²) < 4.78 is 28.4. The molecule has 114 valence electrons. The number of aryl methyl sites for hydroxylation is 1. The van der Waals surface area contributed by atoms with E-state index in [-0.39, 0.29) is 12.5 Å². The van der Waals surface area contributed by atoms with Crippen LogP contribution in [0.3, 0.4) is 0 Å². The van der Waals surface area contributed by atoms with Crippen molar-refractivity contribution in [3.8, 4) is 0 Å². The Bertz CT molecular complexity index is 702. The van der Waals surface area contributed by atoms with Gasteiger partial charge in [0.15, 0.2) is 4.90 Å². The van der Waals surface area contributed by atoms with Crippen molar-refractivity contribution >= 4 is 10.0 Å². The standard InChI is InChI=1S/C11H19N3O5S/c1-7(2)8(6-15)12-20(18,19)9-5-13(3)11(17)14(4)10(9)16/h5,7-8,12,15H,6H2,1-4H3. The minimum atomic E-state index is -4.11. The van der Waals surface area contributed by atoms with Crippen LogP contribution in [0.4, 0.5) is 0 Å². The molecule has 1 unspecified atom stereocenters. The second-order valence-corrected chi connectivity index (χ2v) is 6.59. The molecule has 0 spiro atoms. The Hall–Kier alpha value is -1.45. The maximum atomic E-state index is 12.2. The number of hydrogen-bond donors (Lipinski definition) is 2. The van der Waals surface area contributed by atoms with Gasteiger partial charge < -0.3 is 9.67 Å². The van der Waals surface area contributed by atoms with E-state index in [1.54, 1.807) is 13.8 Å². The van der Waals surface area contributed by atoms with Crippen molar-refractivity contribution < 1.29 is 13.5 Å². The van der Waals surface area contributed by atoms with Crippen molar-refractivity contribution in [3.05, 3.63) is 27.0 Å². The monoisotopic (exact) mass is 305 g/mol. The zero-order valence-electron chi connectivity index (χ0n) is 11.8. The van der Waals surface area contributed by atoms with Crippen LogP contribution in [0.25, 0.3) is 0 Å². The van der Waals surface area contributed by atoms with E-state index in [9.17, 15) is 18.0 Å². The third-order valence-electron chi connectivity index (χ3n) is 3.01. The number of aliphatic hydroxyl groups is 1. The summed E-state index contributed by atoms with van der Waals surface area (Å²) in [4.78, 5) is 22.9. The summed E-state index contributed by atoms with van der Waals surface area (Å²) in [6, 6.07) is -0.707. The van der Waals surface area contributed by atoms with Gasteiger partial charge in [0.1, 0.15) is 0 Å². The van der Waals surface area contributed by atoms with Gasteiger partial charge in [-0.1, -0.05) is 13.8 Å². The van der Waals surface area contributed by atoms with Gasteiger partial charge in [-0.05, 0) is 5.92 Å². The maximum absolute atomic E-state index is 12.2. The minimum absolute atomic E-state index is 0.147. The van der Waals surface area contributed by atoms with Crippen LogP contribution in [-0.2, 0) is 24.1 Å². The molecular weight excluding hydrogens is 286 g/mol. The van der Waals surface area contributed by atoms with Crippen LogP contribution in [-0.4, -0.2) is 35.3 Å². The average Bonchev–Trinajstić information content (AvgIpc) is 2.37. The molecule has 0 bridgehead atoms. The number of rotatable bonds is 5. The van der Waals surface area contributed by atoms with E-state index in [1.165, 1.54) is 14.1 Å². The highest BCUT2D eigenvalue weighted by Crippen LogP contribution is 2.07. The van der Waals surface area contributed by atoms with Gasteiger partial charge >= 0.3 is 5.69 Å². The Balaban J connectivity index is 3.38. The summed E-state index contributed by atoms with van der Waals surface area (Å²) >= 11 is 0. The maximum Gasteiger partial charge on any atom is 0.330 e. The molecule has 1 heterocycles. The van der Waals surface area contributed by atoms with Gasteiger partial charge in [-0.3, -0.25) is 9.36 Å². The SMILES string of the molecule is CC(C)C(CO)NS(=O)(=O)c1cn(C)c(=O)n(C)c1=O. The first-order chi connectivity index (χ1) is 9.11.